The zero-order chi connectivity index (χ0) is 28.4. The van der Waals surface area contributed by atoms with Gasteiger partial charge in [-0.3, -0.25) is 0 Å². The first-order valence-corrected chi connectivity index (χ1v) is 15.0. The number of ether oxygens (including phenoxy) is 2. The second-order valence-electron chi connectivity index (χ2n) is 12.1. The van der Waals surface area contributed by atoms with Crippen molar-refractivity contribution in [3.8, 4) is 17.0 Å². The molecule has 2 heterocycles. The van der Waals surface area contributed by atoms with Crippen LogP contribution in [0, 0.1) is 5.41 Å². The van der Waals surface area contributed by atoms with Crippen LogP contribution in [0.4, 0.5) is 0 Å². The highest BCUT2D eigenvalue weighted by Gasteiger charge is 2.50. The van der Waals surface area contributed by atoms with Crippen molar-refractivity contribution in [2.45, 2.75) is 69.5 Å². The van der Waals surface area contributed by atoms with Gasteiger partial charge in [0.15, 0.2) is 0 Å². The second kappa shape index (κ2) is 10.1. The molecule has 4 aliphatic rings. The number of carboxylic acids is 1. The number of aromatic nitrogens is 2. The highest BCUT2D eigenvalue weighted by Crippen LogP contribution is 2.55. The lowest BCUT2D eigenvalue weighted by Gasteiger charge is -2.52. The minimum atomic E-state index is -0.921. The van der Waals surface area contributed by atoms with E-state index in [4.69, 9.17) is 37.2 Å². The Labute approximate surface area is 248 Å². The average Bonchev–Trinajstić information content (AvgIpc) is 3.65. The van der Waals surface area contributed by atoms with Crippen LogP contribution in [0.5, 0.6) is 5.75 Å². The maximum Gasteiger partial charge on any atom is 0.337 e. The van der Waals surface area contributed by atoms with Crippen molar-refractivity contribution in [3.05, 3.63) is 69.5 Å². The molecule has 0 aliphatic heterocycles. The molecule has 0 atom stereocenters. The largest absolute Gasteiger partial charge is 0.493 e. The molecule has 0 spiro atoms. The quantitative estimate of drug-likeness (QED) is 0.209. The molecule has 214 valence electrons. The summed E-state index contributed by atoms with van der Waals surface area (Å²) < 4.78 is 20.8. The lowest BCUT2D eigenvalue weighted by molar-refractivity contribution is -0.150. The number of nitrogens with zero attached hydrogens (tertiary/aromatic N) is 2. The number of fused-ring (bicyclic) bond motifs is 4. The van der Waals surface area contributed by atoms with Gasteiger partial charge in [-0.05, 0) is 75.6 Å². The molecule has 0 unspecified atom stereocenters. The van der Waals surface area contributed by atoms with Gasteiger partial charge >= 0.3 is 5.97 Å². The number of rotatable bonds is 9. The lowest BCUT2D eigenvalue weighted by atomic mass is 9.59. The molecule has 8 rings (SSSR count). The molecule has 1 N–H and O–H groups in total. The molecule has 4 saturated carbocycles. The first-order valence-electron chi connectivity index (χ1n) is 14.3. The zero-order valence-corrected chi connectivity index (χ0v) is 24.4. The highest BCUT2D eigenvalue weighted by atomic mass is 35.5. The van der Waals surface area contributed by atoms with Crippen molar-refractivity contribution in [2.75, 3.05) is 6.61 Å². The van der Waals surface area contributed by atoms with Crippen molar-refractivity contribution in [2.24, 2.45) is 12.5 Å². The molecule has 2 aromatic heterocycles. The van der Waals surface area contributed by atoms with Crippen molar-refractivity contribution in [1.82, 2.24) is 9.72 Å². The van der Waals surface area contributed by atoms with Crippen LogP contribution >= 0.6 is 23.2 Å². The Bertz CT molecular complexity index is 1610. The van der Waals surface area contributed by atoms with Gasteiger partial charge in [0.05, 0.1) is 39.9 Å². The smallest absolute Gasteiger partial charge is 0.337 e. The highest BCUT2D eigenvalue weighted by molar-refractivity contribution is 6.39. The maximum atomic E-state index is 11.6. The normalized spacial score (nSPS) is 23.8. The minimum Gasteiger partial charge on any atom is -0.493 e. The number of hydrogen-bond donors (Lipinski definition) is 1. The Morgan fingerprint density at radius 3 is 2.46 bits per heavy atom. The summed E-state index contributed by atoms with van der Waals surface area (Å²) in [6.45, 7) is 1.09. The van der Waals surface area contributed by atoms with E-state index in [1.165, 1.54) is 0 Å². The average molecular weight is 596 g/mol. The van der Waals surface area contributed by atoms with E-state index in [9.17, 15) is 9.90 Å². The minimum absolute atomic E-state index is 0.132. The number of aryl methyl sites for hydroxylation is 1. The number of carboxylic acid groups (broad SMARTS) is 1. The van der Waals surface area contributed by atoms with Crippen LogP contribution in [-0.4, -0.2) is 33.0 Å². The zero-order valence-electron chi connectivity index (χ0n) is 22.9. The summed E-state index contributed by atoms with van der Waals surface area (Å²) in [5, 5.41) is 15.7. The maximum absolute atomic E-state index is 11.6. The van der Waals surface area contributed by atoms with Crippen LogP contribution in [0.2, 0.25) is 10.0 Å². The summed E-state index contributed by atoms with van der Waals surface area (Å²) in [7, 11) is 1.86. The molecular weight excluding hydrogens is 563 g/mol. The Hall–Kier alpha value is -3.00. The van der Waals surface area contributed by atoms with Crippen molar-refractivity contribution >= 4 is 40.1 Å². The monoisotopic (exact) mass is 594 g/mol. The Kier molecular flexibility index (Phi) is 6.60. The van der Waals surface area contributed by atoms with Gasteiger partial charge in [-0.1, -0.05) is 34.4 Å². The number of hydrogen-bond acceptors (Lipinski definition) is 5. The molecule has 0 radical (unpaired) electrons. The molecule has 4 aromatic rings. The van der Waals surface area contributed by atoms with Crippen LogP contribution in [0.3, 0.4) is 0 Å². The van der Waals surface area contributed by atoms with Gasteiger partial charge in [-0.25, -0.2) is 4.79 Å². The number of carbonyl (C=O) groups is 1. The third kappa shape index (κ3) is 4.82. The van der Waals surface area contributed by atoms with Crippen LogP contribution in [0.15, 0.2) is 47.1 Å². The Balaban J connectivity index is 1.03. The van der Waals surface area contributed by atoms with Gasteiger partial charge in [0, 0.05) is 47.2 Å². The number of halogens is 2. The molecule has 9 heteroatoms. The predicted octanol–water partition coefficient (Wildman–Crippen LogP) is 8.40. The molecule has 0 saturated heterocycles. The molecule has 7 nitrogen and oxygen atoms in total. The van der Waals surface area contributed by atoms with Gasteiger partial charge in [-0.15, -0.1) is 0 Å². The van der Waals surface area contributed by atoms with Gasteiger partial charge in [0.1, 0.15) is 17.2 Å². The first kappa shape index (κ1) is 26.9. The number of aromatic carboxylic acids is 1. The predicted molar refractivity (Wildman–Crippen MR) is 157 cm³/mol. The fourth-order valence-electron chi connectivity index (χ4n) is 6.80. The third-order valence-corrected chi connectivity index (χ3v) is 10.2. The van der Waals surface area contributed by atoms with Gasteiger partial charge in [0.2, 0.25) is 0 Å². The summed E-state index contributed by atoms with van der Waals surface area (Å²) in [5.74, 6) is 1.15. The van der Waals surface area contributed by atoms with Crippen molar-refractivity contribution in [3.63, 3.8) is 0 Å². The molecular formula is C32H32Cl2N2O5. The van der Waals surface area contributed by atoms with Crippen LogP contribution in [-0.2, 0) is 18.4 Å². The van der Waals surface area contributed by atoms with E-state index in [1.807, 2.05) is 48.0 Å². The molecule has 41 heavy (non-hydrogen) atoms. The summed E-state index contributed by atoms with van der Waals surface area (Å²) in [6.07, 6.45) is 9.95. The van der Waals surface area contributed by atoms with Crippen molar-refractivity contribution < 1.29 is 23.9 Å². The molecule has 4 aliphatic carbocycles. The van der Waals surface area contributed by atoms with Crippen LogP contribution in [0.25, 0.3) is 22.2 Å². The summed E-state index contributed by atoms with van der Waals surface area (Å²) >= 11 is 13.1. The van der Waals surface area contributed by atoms with E-state index in [2.05, 4.69) is 5.16 Å². The van der Waals surface area contributed by atoms with Crippen LogP contribution < -0.4 is 4.74 Å². The molecule has 2 aromatic carbocycles. The van der Waals surface area contributed by atoms with E-state index in [0.29, 0.717) is 46.0 Å². The number of benzene rings is 2. The fraction of sp³-hybridized carbons (Fsp3) is 0.438. The topological polar surface area (TPSA) is 86.7 Å². The first-order chi connectivity index (χ1) is 19.8. The lowest BCUT2D eigenvalue weighted by Crippen LogP contribution is -2.49. The van der Waals surface area contributed by atoms with Gasteiger partial charge < -0.3 is 23.7 Å². The Morgan fingerprint density at radius 1 is 1.10 bits per heavy atom. The molecule has 0 amide bonds. The van der Waals surface area contributed by atoms with E-state index in [1.54, 1.807) is 6.20 Å². The standard InChI is InChI=1S/C32H32Cl2N2O5/c1-36-16-22(30(37)38)21-8-7-20(15-26(21)36)39-18-31-9-12-32(13-10-31,14-11-31)40-17-23-28(35-41-29(23)19-5-6-19)27-24(33)3-2-4-25(27)34/h2-4,7-8,15-16,19H,5-6,9-14,17-18H2,1H3,(H,37,38). The third-order valence-electron chi connectivity index (χ3n) is 9.56. The van der Waals surface area contributed by atoms with E-state index >= 15 is 0 Å². The van der Waals surface area contributed by atoms with Crippen LogP contribution in [0.1, 0.15) is 79.0 Å². The fourth-order valence-corrected chi connectivity index (χ4v) is 7.37. The summed E-state index contributed by atoms with van der Waals surface area (Å²) in [4.78, 5) is 11.6. The molecule has 2 bridgehead atoms. The van der Waals surface area contributed by atoms with Gasteiger partial charge in [0.25, 0.3) is 0 Å². The van der Waals surface area contributed by atoms with Gasteiger partial charge in [-0.2, -0.15) is 0 Å². The summed E-state index contributed by atoms with van der Waals surface area (Å²) in [6, 6.07) is 11.2. The summed E-state index contributed by atoms with van der Waals surface area (Å²) in [5.41, 5.74) is 3.52. The van der Waals surface area contributed by atoms with E-state index in [-0.39, 0.29) is 11.0 Å². The van der Waals surface area contributed by atoms with E-state index < -0.39 is 5.97 Å². The second-order valence-corrected chi connectivity index (χ2v) is 13.0. The Morgan fingerprint density at radius 2 is 1.80 bits per heavy atom. The molecule has 4 fully saturated rings. The van der Waals surface area contributed by atoms with E-state index in [0.717, 1.165) is 79.3 Å². The van der Waals surface area contributed by atoms with Crippen molar-refractivity contribution in [1.29, 1.82) is 0 Å². The SMILES string of the molecule is Cn1cc(C(=O)O)c2ccc(OCC34CCC(OCc5c(-c6c(Cl)cccc6Cl)noc5C5CC5)(CC3)CC4)cc21.